The van der Waals surface area contributed by atoms with Crippen LogP contribution in [0.2, 0.25) is 0 Å². The van der Waals surface area contributed by atoms with E-state index in [1.165, 1.54) is 12.0 Å². The molecule has 0 aliphatic carbocycles. The molecule has 6 nitrogen and oxygen atoms in total. The SMILES string of the molecule is COC(=O)CCCN(C)C(=O)COc1ccc(C#N)cc1. The monoisotopic (exact) mass is 290 g/mol. The van der Waals surface area contributed by atoms with Crippen molar-refractivity contribution in [3.8, 4) is 11.8 Å². The number of nitriles is 1. The molecule has 112 valence electrons. The Labute approximate surface area is 123 Å². The Kier molecular flexibility index (Phi) is 6.75. The highest BCUT2D eigenvalue weighted by Crippen LogP contribution is 2.11. The first-order valence-electron chi connectivity index (χ1n) is 6.50. The molecule has 1 rings (SSSR count). The van der Waals surface area contributed by atoms with Crippen molar-refractivity contribution in [1.29, 1.82) is 5.26 Å². The van der Waals surface area contributed by atoms with Crippen LogP contribution in [0.4, 0.5) is 0 Å². The number of ether oxygens (including phenoxy) is 2. The average Bonchev–Trinajstić information content (AvgIpc) is 2.52. The van der Waals surface area contributed by atoms with Gasteiger partial charge in [0, 0.05) is 20.0 Å². The Morgan fingerprint density at radius 3 is 2.52 bits per heavy atom. The summed E-state index contributed by atoms with van der Waals surface area (Å²) >= 11 is 0. The van der Waals surface area contributed by atoms with Crippen LogP contribution in [0.5, 0.6) is 5.75 Å². The third kappa shape index (κ3) is 5.95. The molecule has 0 radical (unpaired) electrons. The van der Waals surface area contributed by atoms with E-state index in [1.54, 1.807) is 31.3 Å². The van der Waals surface area contributed by atoms with Crippen LogP contribution >= 0.6 is 0 Å². The van der Waals surface area contributed by atoms with E-state index in [9.17, 15) is 9.59 Å². The molecule has 21 heavy (non-hydrogen) atoms. The van der Waals surface area contributed by atoms with Crippen molar-refractivity contribution in [3.63, 3.8) is 0 Å². The second kappa shape index (κ2) is 8.59. The molecule has 0 saturated heterocycles. The summed E-state index contributed by atoms with van der Waals surface area (Å²) in [5, 5.41) is 8.67. The summed E-state index contributed by atoms with van der Waals surface area (Å²) in [7, 11) is 2.99. The number of carbonyl (C=O) groups is 2. The Bertz CT molecular complexity index is 519. The molecule has 0 N–H and O–H groups in total. The van der Waals surface area contributed by atoms with Crippen molar-refractivity contribution in [2.45, 2.75) is 12.8 Å². The van der Waals surface area contributed by atoms with Gasteiger partial charge in [-0.15, -0.1) is 0 Å². The fraction of sp³-hybridized carbons (Fsp3) is 0.400. The van der Waals surface area contributed by atoms with Gasteiger partial charge in [0.1, 0.15) is 5.75 Å². The minimum Gasteiger partial charge on any atom is -0.484 e. The standard InChI is InChI=1S/C15H18N2O4/c1-17(9-3-4-15(19)20-2)14(18)11-21-13-7-5-12(10-16)6-8-13/h5-8H,3-4,9,11H2,1-2H3. The van der Waals surface area contributed by atoms with Gasteiger partial charge in [0.05, 0.1) is 18.7 Å². The fourth-order valence-electron chi connectivity index (χ4n) is 1.57. The Balaban J connectivity index is 2.31. The van der Waals surface area contributed by atoms with E-state index in [-0.39, 0.29) is 24.9 Å². The molecule has 0 bridgehead atoms. The first-order chi connectivity index (χ1) is 10.1. The molecule has 0 aromatic heterocycles. The number of nitrogens with zero attached hydrogens (tertiary/aromatic N) is 2. The number of rotatable bonds is 7. The van der Waals surface area contributed by atoms with Crippen molar-refractivity contribution in [3.05, 3.63) is 29.8 Å². The number of amides is 1. The number of likely N-dealkylation sites (N-methyl/N-ethyl adjacent to an activating group) is 1. The van der Waals surface area contributed by atoms with E-state index in [1.807, 2.05) is 6.07 Å². The summed E-state index contributed by atoms with van der Waals surface area (Å²) in [6.07, 6.45) is 0.830. The predicted octanol–water partition coefficient (Wildman–Crippen LogP) is 1.35. The van der Waals surface area contributed by atoms with Gasteiger partial charge in [-0.05, 0) is 30.7 Å². The van der Waals surface area contributed by atoms with Gasteiger partial charge in [-0.2, -0.15) is 5.26 Å². The summed E-state index contributed by atoms with van der Waals surface area (Å²) in [6.45, 7) is 0.380. The van der Waals surface area contributed by atoms with Crippen molar-refractivity contribution in [2.75, 3.05) is 27.3 Å². The highest BCUT2D eigenvalue weighted by molar-refractivity contribution is 5.77. The van der Waals surface area contributed by atoms with Crippen LogP contribution < -0.4 is 4.74 Å². The fourth-order valence-corrected chi connectivity index (χ4v) is 1.57. The number of esters is 1. The minimum atomic E-state index is -0.287. The zero-order valence-electron chi connectivity index (χ0n) is 12.2. The molecule has 0 saturated carbocycles. The van der Waals surface area contributed by atoms with Crippen molar-refractivity contribution in [1.82, 2.24) is 4.90 Å². The van der Waals surface area contributed by atoms with E-state index >= 15 is 0 Å². The summed E-state index contributed by atoms with van der Waals surface area (Å²) in [5.41, 5.74) is 0.536. The first-order valence-corrected chi connectivity index (χ1v) is 6.50. The molecular formula is C15H18N2O4. The van der Waals surface area contributed by atoms with Gasteiger partial charge in [-0.3, -0.25) is 9.59 Å². The molecule has 0 unspecified atom stereocenters. The largest absolute Gasteiger partial charge is 0.484 e. The van der Waals surface area contributed by atoms with E-state index < -0.39 is 0 Å². The van der Waals surface area contributed by atoms with Gasteiger partial charge >= 0.3 is 5.97 Å². The Hall–Kier alpha value is -2.55. The maximum absolute atomic E-state index is 11.8. The molecule has 1 aromatic carbocycles. The molecular weight excluding hydrogens is 272 g/mol. The van der Waals surface area contributed by atoms with E-state index in [0.717, 1.165) is 0 Å². The second-order valence-electron chi connectivity index (χ2n) is 4.42. The maximum atomic E-state index is 11.8. The van der Waals surface area contributed by atoms with E-state index in [4.69, 9.17) is 10.00 Å². The molecule has 1 amide bonds. The van der Waals surface area contributed by atoms with Crippen molar-refractivity contribution in [2.24, 2.45) is 0 Å². The lowest BCUT2D eigenvalue weighted by atomic mass is 10.2. The summed E-state index contributed by atoms with van der Waals surface area (Å²) in [5.74, 6) is 0.0687. The van der Waals surface area contributed by atoms with Crippen LogP contribution in [0.25, 0.3) is 0 Å². The van der Waals surface area contributed by atoms with Crippen molar-refractivity contribution < 1.29 is 19.1 Å². The molecule has 0 atom stereocenters. The number of hydrogen-bond acceptors (Lipinski definition) is 5. The highest BCUT2D eigenvalue weighted by Gasteiger charge is 2.10. The summed E-state index contributed by atoms with van der Waals surface area (Å²) in [4.78, 5) is 24.3. The van der Waals surface area contributed by atoms with Crippen LogP contribution in [0, 0.1) is 11.3 Å². The van der Waals surface area contributed by atoms with Crippen LogP contribution in [0.15, 0.2) is 24.3 Å². The van der Waals surface area contributed by atoms with E-state index in [0.29, 0.717) is 24.3 Å². The van der Waals surface area contributed by atoms with Gasteiger partial charge < -0.3 is 14.4 Å². The van der Waals surface area contributed by atoms with E-state index in [2.05, 4.69) is 4.74 Å². The lowest BCUT2D eigenvalue weighted by Gasteiger charge is -2.17. The summed E-state index contributed by atoms with van der Waals surface area (Å²) in [6, 6.07) is 8.54. The molecule has 0 aliphatic heterocycles. The Morgan fingerprint density at radius 2 is 1.95 bits per heavy atom. The van der Waals surface area contributed by atoms with Gasteiger partial charge in [-0.25, -0.2) is 0 Å². The number of hydrogen-bond donors (Lipinski definition) is 0. The zero-order chi connectivity index (χ0) is 15.7. The molecule has 0 aliphatic rings. The number of carbonyl (C=O) groups excluding carboxylic acids is 2. The predicted molar refractivity (Wildman–Crippen MR) is 75.5 cm³/mol. The highest BCUT2D eigenvalue weighted by atomic mass is 16.5. The average molecular weight is 290 g/mol. The smallest absolute Gasteiger partial charge is 0.305 e. The van der Waals surface area contributed by atoms with Gasteiger partial charge in [0.15, 0.2) is 6.61 Å². The van der Waals surface area contributed by atoms with Crippen LogP contribution in [0.1, 0.15) is 18.4 Å². The lowest BCUT2D eigenvalue weighted by Crippen LogP contribution is -2.32. The third-order valence-corrected chi connectivity index (χ3v) is 2.87. The Morgan fingerprint density at radius 1 is 1.29 bits per heavy atom. The van der Waals surface area contributed by atoms with Gasteiger partial charge in [0.25, 0.3) is 5.91 Å². The van der Waals surface area contributed by atoms with Crippen LogP contribution in [-0.2, 0) is 14.3 Å². The van der Waals surface area contributed by atoms with Crippen LogP contribution in [-0.4, -0.2) is 44.1 Å². The lowest BCUT2D eigenvalue weighted by molar-refractivity contribution is -0.141. The number of methoxy groups -OCH3 is 1. The quantitative estimate of drug-likeness (QED) is 0.708. The molecule has 6 heteroatoms. The zero-order valence-corrected chi connectivity index (χ0v) is 12.2. The molecule has 0 spiro atoms. The minimum absolute atomic E-state index is 0.0827. The maximum Gasteiger partial charge on any atom is 0.305 e. The molecule has 1 aromatic rings. The first kappa shape index (κ1) is 16.5. The molecule has 0 heterocycles. The van der Waals surface area contributed by atoms with Crippen molar-refractivity contribution >= 4 is 11.9 Å². The second-order valence-corrected chi connectivity index (χ2v) is 4.42. The normalized spacial score (nSPS) is 9.57. The topological polar surface area (TPSA) is 79.6 Å². The summed E-state index contributed by atoms with van der Waals surface area (Å²) < 4.78 is 9.87. The third-order valence-electron chi connectivity index (χ3n) is 2.87. The van der Waals surface area contributed by atoms with Crippen LogP contribution in [0.3, 0.4) is 0 Å². The van der Waals surface area contributed by atoms with Gasteiger partial charge in [-0.1, -0.05) is 0 Å². The number of benzene rings is 1. The van der Waals surface area contributed by atoms with Gasteiger partial charge in [0.2, 0.25) is 0 Å². The molecule has 0 fully saturated rings.